The number of hydrogen-bond acceptors (Lipinski definition) is 1. The van der Waals surface area contributed by atoms with Gasteiger partial charge in [-0.05, 0) is 37.9 Å². The maximum Gasteiger partial charge on any atom is 0.0244 e. The summed E-state index contributed by atoms with van der Waals surface area (Å²) in [6.45, 7) is 9.31. The average molecular weight is 217 g/mol. The Morgan fingerprint density at radius 3 is 2.50 bits per heavy atom. The summed E-state index contributed by atoms with van der Waals surface area (Å²) in [6.07, 6.45) is 4.24. The molecule has 0 amide bonds. The molecule has 1 aromatic carbocycles. The van der Waals surface area contributed by atoms with Gasteiger partial charge in [-0.1, -0.05) is 37.3 Å². The summed E-state index contributed by atoms with van der Waals surface area (Å²) < 4.78 is 0. The van der Waals surface area contributed by atoms with Crippen molar-refractivity contribution in [3.8, 4) is 0 Å². The fourth-order valence-electron chi connectivity index (χ4n) is 1.83. The van der Waals surface area contributed by atoms with E-state index in [-0.39, 0.29) is 0 Å². The Morgan fingerprint density at radius 2 is 1.94 bits per heavy atom. The SMILES string of the molecule is C=CC(C)N(C)CCc1ccccc1CC. The van der Waals surface area contributed by atoms with Gasteiger partial charge in [0.1, 0.15) is 0 Å². The lowest BCUT2D eigenvalue weighted by Crippen LogP contribution is -2.29. The Balaban J connectivity index is 2.57. The molecule has 0 aliphatic rings. The number of nitrogens with zero attached hydrogens (tertiary/aromatic N) is 1. The third-order valence-corrected chi connectivity index (χ3v) is 3.27. The quantitative estimate of drug-likeness (QED) is 0.661. The van der Waals surface area contributed by atoms with Crippen LogP contribution >= 0.6 is 0 Å². The lowest BCUT2D eigenvalue weighted by atomic mass is 10.0. The molecule has 0 fully saturated rings. The highest BCUT2D eigenvalue weighted by Gasteiger charge is 2.06. The van der Waals surface area contributed by atoms with E-state index in [1.165, 1.54) is 11.1 Å². The van der Waals surface area contributed by atoms with Gasteiger partial charge in [0.2, 0.25) is 0 Å². The summed E-state index contributed by atoms with van der Waals surface area (Å²) in [5.41, 5.74) is 2.95. The van der Waals surface area contributed by atoms with Crippen LogP contribution in [0.1, 0.15) is 25.0 Å². The van der Waals surface area contributed by atoms with Gasteiger partial charge in [-0.3, -0.25) is 4.90 Å². The molecule has 0 bridgehead atoms. The van der Waals surface area contributed by atoms with E-state index in [1.54, 1.807) is 0 Å². The highest BCUT2D eigenvalue weighted by molar-refractivity contribution is 5.27. The zero-order valence-electron chi connectivity index (χ0n) is 10.7. The van der Waals surface area contributed by atoms with E-state index >= 15 is 0 Å². The first kappa shape index (κ1) is 13.0. The molecule has 88 valence electrons. The molecule has 1 rings (SSSR count). The third-order valence-electron chi connectivity index (χ3n) is 3.27. The van der Waals surface area contributed by atoms with Crippen molar-refractivity contribution in [1.82, 2.24) is 4.90 Å². The highest BCUT2D eigenvalue weighted by Crippen LogP contribution is 2.11. The summed E-state index contributed by atoms with van der Waals surface area (Å²) in [5.74, 6) is 0. The van der Waals surface area contributed by atoms with Gasteiger partial charge in [0.25, 0.3) is 0 Å². The van der Waals surface area contributed by atoms with Crippen LogP contribution in [0.4, 0.5) is 0 Å². The number of rotatable bonds is 6. The average Bonchev–Trinajstić information content (AvgIpc) is 2.35. The second kappa shape index (κ2) is 6.49. The Kier molecular flexibility index (Phi) is 5.27. The van der Waals surface area contributed by atoms with Gasteiger partial charge in [-0.2, -0.15) is 0 Å². The van der Waals surface area contributed by atoms with Gasteiger partial charge < -0.3 is 0 Å². The van der Waals surface area contributed by atoms with E-state index in [0.717, 1.165) is 19.4 Å². The van der Waals surface area contributed by atoms with Crippen molar-refractivity contribution in [1.29, 1.82) is 0 Å². The van der Waals surface area contributed by atoms with Gasteiger partial charge in [0.15, 0.2) is 0 Å². The number of benzene rings is 1. The van der Waals surface area contributed by atoms with Crippen LogP contribution in [-0.4, -0.2) is 24.5 Å². The molecule has 1 atom stereocenters. The maximum absolute atomic E-state index is 3.83. The molecule has 1 aromatic rings. The van der Waals surface area contributed by atoms with Gasteiger partial charge in [-0.15, -0.1) is 6.58 Å². The van der Waals surface area contributed by atoms with E-state index in [0.29, 0.717) is 6.04 Å². The Morgan fingerprint density at radius 1 is 1.31 bits per heavy atom. The molecule has 0 radical (unpaired) electrons. The first-order chi connectivity index (χ1) is 7.69. The molecule has 16 heavy (non-hydrogen) atoms. The van der Waals surface area contributed by atoms with Crippen LogP contribution in [0.5, 0.6) is 0 Å². The smallest absolute Gasteiger partial charge is 0.0244 e. The predicted molar refractivity (Wildman–Crippen MR) is 71.8 cm³/mol. The van der Waals surface area contributed by atoms with Crippen molar-refractivity contribution in [2.45, 2.75) is 32.7 Å². The third kappa shape index (κ3) is 3.49. The normalized spacial score (nSPS) is 12.8. The number of aryl methyl sites for hydroxylation is 1. The van der Waals surface area contributed by atoms with Crippen LogP contribution in [0.3, 0.4) is 0 Å². The van der Waals surface area contributed by atoms with Crippen LogP contribution in [0.2, 0.25) is 0 Å². The molecule has 1 unspecified atom stereocenters. The van der Waals surface area contributed by atoms with Crippen molar-refractivity contribution in [3.63, 3.8) is 0 Å². The molecule has 0 aromatic heterocycles. The Labute approximate surface area is 99.8 Å². The van der Waals surface area contributed by atoms with E-state index in [9.17, 15) is 0 Å². The van der Waals surface area contributed by atoms with E-state index in [2.05, 4.69) is 56.6 Å². The largest absolute Gasteiger partial charge is 0.300 e. The maximum atomic E-state index is 3.83. The van der Waals surface area contributed by atoms with Crippen LogP contribution in [-0.2, 0) is 12.8 Å². The monoisotopic (exact) mass is 217 g/mol. The van der Waals surface area contributed by atoms with Crippen LogP contribution < -0.4 is 0 Å². The predicted octanol–water partition coefficient (Wildman–Crippen LogP) is 3.30. The van der Waals surface area contributed by atoms with E-state index in [1.807, 2.05) is 6.08 Å². The lowest BCUT2D eigenvalue weighted by Gasteiger charge is -2.22. The molecule has 0 N–H and O–H groups in total. The molecular formula is C15H23N. The van der Waals surface area contributed by atoms with Gasteiger partial charge in [-0.25, -0.2) is 0 Å². The molecule has 0 spiro atoms. The zero-order valence-corrected chi connectivity index (χ0v) is 10.7. The van der Waals surface area contributed by atoms with Crippen LogP contribution in [0.15, 0.2) is 36.9 Å². The van der Waals surface area contributed by atoms with Crippen molar-refractivity contribution < 1.29 is 0 Å². The molecule has 0 saturated heterocycles. The molecule has 0 aliphatic carbocycles. The summed E-state index contributed by atoms with van der Waals surface area (Å²) >= 11 is 0. The first-order valence-corrected chi connectivity index (χ1v) is 6.08. The van der Waals surface area contributed by atoms with Crippen molar-refractivity contribution in [2.75, 3.05) is 13.6 Å². The highest BCUT2D eigenvalue weighted by atomic mass is 15.1. The molecule has 1 heteroatoms. The molecule has 0 aliphatic heterocycles. The van der Waals surface area contributed by atoms with Gasteiger partial charge in [0.05, 0.1) is 0 Å². The second-order valence-corrected chi connectivity index (χ2v) is 4.33. The number of hydrogen-bond donors (Lipinski definition) is 0. The van der Waals surface area contributed by atoms with Gasteiger partial charge >= 0.3 is 0 Å². The second-order valence-electron chi connectivity index (χ2n) is 4.33. The van der Waals surface area contributed by atoms with Crippen molar-refractivity contribution >= 4 is 0 Å². The molecule has 0 saturated carbocycles. The molecule has 0 heterocycles. The van der Waals surface area contributed by atoms with Crippen LogP contribution in [0.25, 0.3) is 0 Å². The van der Waals surface area contributed by atoms with E-state index < -0.39 is 0 Å². The van der Waals surface area contributed by atoms with Crippen LogP contribution in [0, 0.1) is 0 Å². The van der Waals surface area contributed by atoms with Crippen molar-refractivity contribution in [2.24, 2.45) is 0 Å². The zero-order chi connectivity index (χ0) is 12.0. The Bertz CT molecular complexity index is 330. The minimum Gasteiger partial charge on any atom is -0.300 e. The minimum absolute atomic E-state index is 0.453. The van der Waals surface area contributed by atoms with Crippen molar-refractivity contribution in [3.05, 3.63) is 48.0 Å². The fraction of sp³-hybridized carbons (Fsp3) is 0.467. The molecular weight excluding hydrogens is 194 g/mol. The minimum atomic E-state index is 0.453. The first-order valence-electron chi connectivity index (χ1n) is 6.08. The molecule has 1 nitrogen and oxygen atoms in total. The Hall–Kier alpha value is -1.08. The summed E-state index contributed by atoms with van der Waals surface area (Å²) in [6, 6.07) is 9.18. The standard InChI is InChI=1S/C15H23N/c1-5-13(3)16(4)12-11-15-10-8-7-9-14(15)6-2/h5,7-10,13H,1,6,11-12H2,2-4H3. The lowest BCUT2D eigenvalue weighted by molar-refractivity contribution is 0.301. The fourth-order valence-corrected chi connectivity index (χ4v) is 1.83. The summed E-state index contributed by atoms with van der Waals surface area (Å²) in [4.78, 5) is 2.33. The topological polar surface area (TPSA) is 3.24 Å². The summed E-state index contributed by atoms with van der Waals surface area (Å²) in [7, 11) is 2.15. The van der Waals surface area contributed by atoms with Gasteiger partial charge in [0, 0.05) is 12.6 Å². The summed E-state index contributed by atoms with van der Waals surface area (Å²) in [5, 5.41) is 0. The number of likely N-dealkylation sites (N-methyl/N-ethyl adjacent to an activating group) is 1. The van der Waals surface area contributed by atoms with E-state index in [4.69, 9.17) is 0 Å².